The van der Waals surface area contributed by atoms with Crippen LogP contribution in [0.4, 0.5) is 0 Å². The second kappa shape index (κ2) is 18.2. The zero-order valence-corrected chi connectivity index (χ0v) is 26.1. The summed E-state index contributed by atoms with van der Waals surface area (Å²) in [7, 11) is 0. The summed E-state index contributed by atoms with van der Waals surface area (Å²) >= 11 is 4.25. The Morgan fingerprint density at radius 3 is 1.31 bits per heavy atom. The molecule has 35 heavy (non-hydrogen) atoms. The van der Waals surface area contributed by atoms with E-state index in [1.165, 1.54) is 9.75 Å². The maximum absolute atomic E-state index is 6.30. The molecular weight excluding hydrogens is 579 g/mol. The van der Waals surface area contributed by atoms with Crippen LogP contribution in [0.5, 0.6) is 11.5 Å². The number of unbranched alkanes of at least 4 members (excludes halogenated alkanes) is 2. The summed E-state index contributed by atoms with van der Waals surface area (Å²) in [5, 5.41) is 0. The molecule has 1 heterocycles. The number of ether oxygens (including phenoxy) is 6. The summed E-state index contributed by atoms with van der Waals surface area (Å²) in [6, 6.07) is 0. The van der Waals surface area contributed by atoms with E-state index in [1.807, 2.05) is 0 Å². The minimum atomic E-state index is -0.0837. The zero-order chi connectivity index (χ0) is 26.2. The van der Waals surface area contributed by atoms with Gasteiger partial charge in [0.25, 0.3) is 0 Å². The molecule has 0 aliphatic carbocycles. The molecule has 0 unspecified atom stereocenters. The lowest BCUT2D eigenvalue weighted by Crippen LogP contribution is -2.16. The van der Waals surface area contributed by atoms with Crippen LogP contribution in [0.2, 0.25) is 0 Å². The molecular formula is C27H49IO6S. The smallest absolute Gasteiger partial charge is 0.176 e. The van der Waals surface area contributed by atoms with Crippen LogP contribution in [0.1, 0.15) is 83.9 Å². The molecule has 0 aliphatic rings. The van der Waals surface area contributed by atoms with E-state index >= 15 is 0 Å². The van der Waals surface area contributed by atoms with Crippen molar-refractivity contribution in [2.24, 2.45) is 0 Å². The molecule has 0 aromatic carbocycles. The van der Waals surface area contributed by atoms with Gasteiger partial charge in [0.2, 0.25) is 0 Å². The molecule has 0 radical (unpaired) electrons. The second-order valence-electron chi connectivity index (χ2n) is 9.99. The van der Waals surface area contributed by atoms with Crippen molar-refractivity contribution in [1.29, 1.82) is 0 Å². The van der Waals surface area contributed by atoms with E-state index in [-0.39, 0.29) is 8.84 Å². The highest BCUT2D eigenvalue weighted by molar-refractivity contribution is 14.1. The van der Waals surface area contributed by atoms with Gasteiger partial charge in [0.15, 0.2) is 11.5 Å². The van der Waals surface area contributed by atoms with Crippen LogP contribution in [0, 0.1) is 0 Å². The van der Waals surface area contributed by atoms with Gasteiger partial charge in [-0.2, -0.15) is 0 Å². The molecule has 0 saturated heterocycles. The van der Waals surface area contributed by atoms with Crippen LogP contribution >= 0.6 is 33.9 Å². The second-order valence-corrected chi connectivity index (χ2v) is 13.7. The van der Waals surface area contributed by atoms with Gasteiger partial charge in [-0.05, 0) is 26.7 Å². The van der Waals surface area contributed by atoms with E-state index in [4.69, 9.17) is 28.4 Å². The molecule has 1 rings (SSSR count). The van der Waals surface area contributed by atoms with E-state index < -0.39 is 0 Å². The molecule has 0 N–H and O–H groups in total. The first-order valence-corrected chi connectivity index (χ1v) is 15.0. The lowest BCUT2D eigenvalue weighted by molar-refractivity contribution is 0.0322. The molecule has 0 fully saturated rings. The SMILES string of the molecule is CCCCOCCOCCOc1c(C(C)(C)C)sc(C(C)(C)I)c1OCCOCCOCCCC. The normalized spacial score (nSPS) is 12.3. The van der Waals surface area contributed by atoms with Crippen LogP contribution < -0.4 is 9.47 Å². The third-order valence-electron chi connectivity index (χ3n) is 5.02. The van der Waals surface area contributed by atoms with E-state index in [2.05, 4.69) is 71.1 Å². The molecule has 1 aromatic rings. The van der Waals surface area contributed by atoms with Crippen molar-refractivity contribution in [3.63, 3.8) is 0 Å². The molecule has 0 atom stereocenters. The number of alkyl halides is 1. The highest BCUT2D eigenvalue weighted by Gasteiger charge is 2.34. The van der Waals surface area contributed by atoms with E-state index in [9.17, 15) is 0 Å². The lowest BCUT2D eigenvalue weighted by atomic mass is 9.94. The lowest BCUT2D eigenvalue weighted by Gasteiger charge is -2.20. The van der Waals surface area contributed by atoms with Crippen LogP contribution in [0.15, 0.2) is 0 Å². The minimum Gasteiger partial charge on any atom is -0.486 e. The fraction of sp³-hybridized carbons (Fsp3) is 0.852. The number of hydrogen-bond acceptors (Lipinski definition) is 7. The Bertz CT molecular complexity index is 611. The van der Waals surface area contributed by atoms with Gasteiger partial charge in [-0.3, -0.25) is 0 Å². The Labute approximate surface area is 231 Å². The minimum absolute atomic E-state index is 0.0570. The molecule has 0 amide bonds. The monoisotopic (exact) mass is 628 g/mol. The Balaban J connectivity index is 2.69. The van der Waals surface area contributed by atoms with Crippen LogP contribution in [-0.4, -0.2) is 66.1 Å². The van der Waals surface area contributed by atoms with Crippen molar-refractivity contribution < 1.29 is 28.4 Å². The van der Waals surface area contributed by atoms with Gasteiger partial charge in [0.05, 0.1) is 52.8 Å². The van der Waals surface area contributed by atoms with Crippen molar-refractivity contribution in [2.75, 3.05) is 66.1 Å². The summed E-state index contributed by atoms with van der Waals surface area (Å²) in [5.74, 6) is 1.68. The molecule has 0 saturated carbocycles. The summed E-state index contributed by atoms with van der Waals surface area (Å²) in [6.45, 7) is 21.3. The number of halogens is 1. The molecule has 0 aliphatic heterocycles. The zero-order valence-electron chi connectivity index (χ0n) is 23.1. The van der Waals surface area contributed by atoms with Crippen LogP contribution in [0.3, 0.4) is 0 Å². The summed E-state index contributed by atoms with van der Waals surface area (Å²) < 4.78 is 35.1. The van der Waals surface area contributed by atoms with Crippen molar-refractivity contribution in [1.82, 2.24) is 0 Å². The molecule has 1 aromatic heterocycles. The Morgan fingerprint density at radius 2 is 0.943 bits per heavy atom. The first-order valence-electron chi connectivity index (χ1n) is 13.1. The highest BCUT2D eigenvalue weighted by atomic mass is 127. The number of rotatable bonds is 21. The predicted octanol–water partition coefficient (Wildman–Crippen LogP) is 7.14. The summed E-state index contributed by atoms with van der Waals surface area (Å²) in [5.41, 5.74) is -0.0570. The highest BCUT2D eigenvalue weighted by Crippen LogP contribution is 2.53. The molecule has 6 nitrogen and oxygen atoms in total. The van der Waals surface area contributed by atoms with Gasteiger partial charge >= 0.3 is 0 Å². The van der Waals surface area contributed by atoms with E-state index in [0.717, 1.165) is 50.4 Å². The van der Waals surface area contributed by atoms with Gasteiger partial charge in [-0.1, -0.05) is 70.1 Å². The Hall–Kier alpha value is -0.130. The number of thiophene rings is 1. The predicted molar refractivity (Wildman–Crippen MR) is 154 cm³/mol. The van der Waals surface area contributed by atoms with Gasteiger partial charge in [0.1, 0.15) is 13.2 Å². The largest absolute Gasteiger partial charge is 0.486 e. The van der Waals surface area contributed by atoms with E-state index in [0.29, 0.717) is 52.9 Å². The maximum Gasteiger partial charge on any atom is 0.176 e. The van der Waals surface area contributed by atoms with Gasteiger partial charge in [-0.15, -0.1) is 11.3 Å². The van der Waals surface area contributed by atoms with Crippen molar-refractivity contribution >= 4 is 33.9 Å². The average Bonchev–Trinajstić information content (AvgIpc) is 3.16. The summed E-state index contributed by atoms with van der Waals surface area (Å²) in [4.78, 5) is 2.38. The van der Waals surface area contributed by atoms with Gasteiger partial charge < -0.3 is 28.4 Å². The summed E-state index contributed by atoms with van der Waals surface area (Å²) in [6.07, 6.45) is 4.47. The van der Waals surface area contributed by atoms with E-state index in [1.54, 1.807) is 11.3 Å². The van der Waals surface area contributed by atoms with Crippen molar-refractivity contribution in [3.8, 4) is 11.5 Å². The van der Waals surface area contributed by atoms with Crippen LogP contribution in [-0.2, 0) is 27.8 Å². The first kappa shape index (κ1) is 32.9. The maximum atomic E-state index is 6.30. The van der Waals surface area contributed by atoms with Crippen molar-refractivity contribution in [2.45, 2.75) is 83.0 Å². The third kappa shape index (κ3) is 13.8. The van der Waals surface area contributed by atoms with Crippen molar-refractivity contribution in [3.05, 3.63) is 9.75 Å². The fourth-order valence-electron chi connectivity index (χ4n) is 3.09. The quantitative estimate of drug-likeness (QED) is 0.0820. The number of hydrogen-bond donors (Lipinski definition) is 0. The standard InChI is InChI=1S/C27H49IO6S/c1-8-10-12-29-14-16-31-18-20-33-22-23(34-21-19-32-17-15-30-13-11-9-2)25(27(6,7)28)35-24(22)26(3,4)5/h8-21H2,1-7H3. The van der Waals surface area contributed by atoms with Gasteiger partial charge in [0, 0.05) is 18.6 Å². The van der Waals surface area contributed by atoms with Gasteiger partial charge in [-0.25, -0.2) is 0 Å². The average molecular weight is 629 g/mol. The van der Waals surface area contributed by atoms with Crippen LogP contribution in [0.25, 0.3) is 0 Å². The Kier molecular flexibility index (Phi) is 17.1. The fourth-order valence-corrected chi connectivity index (χ4v) is 4.91. The molecule has 8 heteroatoms. The third-order valence-corrected chi connectivity index (χ3v) is 7.83. The molecule has 0 bridgehead atoms. The molecule has 0 spiro atoms. The molecule has 206 valence electrons. The first-order chi connectivity index (χ1) is 16.6. The topological polar surface area (TPSA) is 55.4 Å². The Morgan fingerprint density at radius 1 is 0.571 bits per heavy atom.